The number of hydrogen-bond donors (Lipinski definition) is 0. The zero-order valence-electron chi connectivity index (χ0n) is 43.8. The monoisotopic (exact) mass is 1010 g/mol. The Morgan fingerprint density at radius 3 is 1.04 bits per heavy atom. The second-order valence-corrected chi connectivity index (χ2v) is 30.8. The number of carbonyl (C=O) groups is 4. The van der Waals surface area contributed by atoms with Crippen molar-refractivity contribution in [2.75, 3.05) is 13.2 Å². The van der Waals surface area contributed by atoms with Gasteiger partial charge in [-0.25, -0.2) is 0 Å². The molecular weight excluding hydrogens is 937 g/mol. The lowest BCUT2D eigenvalue weighted by molar-refractivity contribution is -0.143. The van der Waals surface area contributed by atoms with Gasteiger partial charge in [0.05, 0.1) is 37.6 Å². The molecule has 4 aromatic rings. The Balaban J connectivity index is 0.000000211. The van der Waals surface area contributed by atoms with Crippen molar-refractivity contribution in [3.63, 3.8) is 0 Å². The van der Waals surface area contributed by atoms with Crippen LogP contribution in [0.1, 0.15) is 94.9 Å². The van der Waals surface area contributed by atoms with Gasteiger partial charge in [0.1, 0.15) is 12.2 Å². The highest BCUT2D eigenvalue weighted by Gasteiger charge is 2.54. The molecule has 2 fully saturated rings. The van der Waals surface area contributed by atoms with Gasteiger partial charge in [0, 0.05) is 36.8 Å². The van der Waals surface area contributed by atoms with Gasteiger partial charge in [-0.05, 0) is 58.5 Å². The number of cyclic esters (lactones) is 2. The van der Waals surface area contributed by atoms with Gasteiger partial charge in [-0.1, -0.05) is 187 Å². The molecule has 0 bridgehead atoms. The molecule has 0 spiro atoms. The standard InChI is InChI=1S/2C30H36O5Si/c2*1-21(19-30(6)27(31)17-22(2)35-30)25-18-28(32)34-26(25)20-33-36(29(3,4)5,23-13-9-7-10-14-23)24-15-11-8-12-16-24/h2*7-17,25-26H,1,18-20H2,2-6H3/t25-,26-,30+;25-,26-,30-/m11/s1. The van der Waals surface area contributed by atoms with Gasteiger partial charge in [0.25, 0.3) is 16.6 Å². The third kappa shape index (κ3) is 11.0. The Hall–Kier alpha value is -5.93. The highest BCUT2D eigenvalue weighted by atomic mass is 28.4. The highest BCUT2D eigenvalue weighted by Crippen LogP contribution is 2.42. The number of rotatable bonds is 16. The van der Waals surface area contributed by atoms with Gasteiger partial charge in [0.15, 0.2) is 11.2 Å². The van der Waals surface area contributed by atoms with Gasteiger partial charge in [-0.3, -0.25) is 19.2 Å². The Morgan fingerprint density at radius 1 is 0.528 bits per heavy atom. The molecule has 72 heavy (non-hydrogen) atoms. The molecule has 0 unspecified atom stereocenters. The summed E-state index contributed by atoms with van der Waals surface area (Å²) in [4.78, 5) is 49.9. The second kappa shape index (κ2) is 21.3. The number of carbonyl (C=O) groups excluding carboxylic acids is 4. The molecule has 6 atom stereocenters. The van der Waals surface area contributed by atoms with Gasteiger partial charge in [-0.15, -0.1) is 0 Å². The third-order valence-electron chi connectivity index (χ3n) is 14.7. The van der Waals surface area contributed by atoms with Crippen molar-refractivity contribution in [1.82, 2.24) is 0 Å². The van der Waals surface area contributed by atoms with Crippen molar-refractivity contribution >= 4 is 60.9 Å². The molecule has 0 radical (unpaired) electrons. The fraction of sp³-hybridized carbons (Fsp3) is 0.400. The molecular formula is C60H72O10Si2. The first-order chi connectivity index (χ1) is 33.9. The lowest BCUT2D eigenvalue weighted by Gasteiger charge is -2.43. The molecule has 4 aliphatic rings. The predicted molar refractivity (Wildman–Crippen MR) is 287 cm³/mol. The van der Waals surface area contributed by atoms with Crippen molar-refractivity contribution in [3.8, 4) is 0 Å². The van der Waals surface area contributed by atoms with Crippen LogP contribution in [0.15, 0.2) is 169 Å². The maximum atomic E-state index is 12.5. The van der Waals surface area contributed by atoms with E-state index in [1.54, 1.807) is 27.7 Å². The molecule has 2 saturated heterocycles. The Morgan fingerprint density at radius 2 is 0.806 bits per heavy atom. The molecule has 0 aromatic heterocycles. The van der Waals surface area contributed by atoms with Gasteiger partial charge < -0.3 is 27.8 Å². The van der Waals surface area contributed by atoms with E-state index in [0.29, 0.717) is 24.4 Å². The van der Waals surface area contributed by atoms with Gasteiger partial charge in [0.2, 0.25) is 11.6 Å². The minimum absolute atomic E-state index is 0.0773. The maximum Gasteiger partial charge on any atom is 0.306 e. The Kier molecular flexibility index (Phi) is 15.9. The molecule has 10 nitrogen and oxygen atoms in total. The Labute approximate surface area is 428 Å². The molecule has 8 rings (SSSR count). The first-order valence-electron chi connectivity index (χ1n) is 25.0. The van der Waals surface area contributed by atoms with Crippen LogP contribution in [0.5, 0.6) is 0 Å². The van der Waals surface area contributed by atoms with E-state index < -0.39 is 40.0 Å². The fourth-order valence-corrected chi connectivity index (χ4v) is 20.3. The average Bonchev–Trinajstić information content (AvgIpc) is 4.04. The number of ether oxygens (including phenoxy) is 4. The molecule has 4 aromatic carbocycles. The SMILES string of the molecule is C=C(C[C@@]1(C)OC(C)=CC1=O)[C@H]1CC(=O)O[C@@H]1CO[Si](c1ccccc1)(c1ccccc1)C(C)(C)C.C=C(C[C@]1(C)OC(C)=CC1=O)[C@H]1CC(=O)O[C@@H]1CO[Si](c1ccccc1)(c1ccccc1)C(C)(C)C. The smallest absolute Gasteiger partial charge is 0.306 e. The first kappa shape index (κ1) is 53.9. The summed E-state index contributed by atoms with van der Waals surface area (Å²) in [7, 11) is -5.56. The lowest BCUT2D eigenvalue weighted by atomic mass is 9.84. The molecule has 380 valence electrons. The van der Waals surface area contributed by atoms with E-state index in [1.807, 2.05) is 72.8 Å². The zero-order valence-corrected chi connectivity index (χ0v) is 45.8. The largest absolute Gasteiger partial charge is 0.484 e. The van der Waals surface area contributed by atoms with E-state index in [4.69, 9.17) is 27.8 Å². The molecule has 0 amide bonds. The normalized spacial score (nSPS) is 24.3. The molecule has 12 heteroatoms. The second-order valence-electron chi connectivity index (χ2n) is 22.2. The first-order valence-corrected chi connectivity index (χ1v) is 28.8. The Bertz CT molecular complexity index is 2440. The summed E-state index contributed by atoms with van der Waals surface area (Å²) < 4.78 is 37.3. The third-order valence-corrected chi connectivity index (χ3v) is 24.7. The van der Waals surface area contributed by atoms with Crippen molar-refractivity contribution in [3.05, 3.63) is 169 Å². The van der Waals surface area contributed by atoms with Crippen LogP contribution in [0, 0.1) is 11.8 Å². The van der Waals surface area contributed by atoms with Crippen molar-refractivity contribution < 1.29 is 47.0 Å². The van der Waals surface area contributed by atoms with Gasteiger partial charge >= 0.3 is 11.9 Å². The fourth-order valence-electron chi connectivity index (χ4n) is 11.2. The molecule has 0 N–H and O–H groups in total. The molecule has 4 aliphatic heterocycles. The van der Waals surface area contributed by atoms with Crippen molar-refractivity contribution in [2.45, 2.75) is 128 Å². The highest BCUT2D eigenvalue weighted by molar-refractivity contribution is 7.00. The van der Waals surface area contributed by atoms with Crippen LogP contribution in [-0.2, 0) is 47.0 Å². The summed E-state index contributed by atoms with van der Waals surface area (Å²) in [5.41, 5.74) is -0.432. The quantitative estimate of drug-likeness (QED) is 0.0610. The van der Waals surface area contributed by atoms with Crippen LogP contribution in [0.25, 0.3) is 0 Å². The maximum absolute atomic E-state index is 12.5. The number of allylic oxidation sites excluding steroid dienone is 2. The van der Waals surface area contributed by atoms with Crippen LogP contribution >= 0.6 is 0 Å². The van der Waals surface area contributed by atoms with Crippen molar-refractivity contribution in [1.29, 1.82) is 0 Å². The summed E-state index contributed by atoms with van der Waals surface area (Å²) in [6, 6.07) is 41.5. The van der Waals surface area contributed by atoms with E-state index in [-0.39, 0.29) is 71.5 Å². The van der Waals surface area contributed by atoms with Crippen LogP contribution < -0.4 is 20.7 Å². The average molecular weight is 1010 g/mol. The van der Waals surface area contributed by atoms with Gasteiger partial charge in [-0.2, -0.15) is 0 Å². The summed E-state index contributed by atoms with van der Waals surface area (Å²) in [6.45, 7) is 29.5. The van der Waals surface area contributed by atoms with Crippen LogP contribution in [-0.4, -0.2) is 76.8 Å². The molecule has 0 saturated carbocycles. The minimum Gasteiger partial charge on any atom is -0.484 e. The summed E-state index contributed by atoms with van der Waals surface area (Å²) in [5, 5.41) is 4.30. The summed E-state index contributed by atoms with van der Waals surface area (Å²) in [5.74, 6) is 0.0135. The van der Waals surface area contributed by atoms with Crippen molar-refractivity contribution in [2.24, 2.45) is 11.8 Å². The zero-order chi connectivity index (χ0) is 52.3. The van der Waals surface area contributed by atoms with E-state index in [1.165, 1.54) is 32.9 Å². The topological polar surface area (TPSA) is 124 Å². The predicted octanol–water partition coefficient (Wildman–Crippen LogP) is 9.41. The molecule has 0 aliphatic carbocycles. The minimum atomic E-state index is -2.78. The molecule has 4 heterocycles. The number of esters is 2. The summed E-state index contributed by atoms with van der Waals surface area (Å²) in [6.07, 6.45) is 3.21. The number of benzene rings is 4. The number of hydrogen-bond acceptors (Lipinski definition) is 10. The lowest BCUT2D eigenvalue weighted by Crippen LogP contribution is -2.67. The number of ketones is 2. The summed E-state index contributed by atoms with van der Waals surface area (Å²) >= 11 is 0. The van der Waals surface area contributed by atoms with E-state index in [9.17, 15) is 19.2 Å². The van der Waals surface area contributed by atoms with Crippen LogP contribution in [0.4, 0.5) is 0 Å². The van der Waals surface area contributed by atoms with E-state index >= 15 is 0 Å². The van der Waals surface area contributed by atoms with E-state index in [0.717, 1.165) is 11.1 Å². The van der Waals surface area contributed by atoms with Crippen LogP contribution in [0.2, 0.25) is 10.1 Å². The van der Waals surface area contributed by atoms with E-state index in [2.05, 4.69) is 103 Å². The van der Waals surface area contributed by atoms with Crippen LogP contribution in [0.3, 0.4) is 0 Å².